The Kier molecular flexibility index (Phi) is 8.67. The van der Waals surface area contributed by atoms with Gasteiger partial charge in [-0.3, -0.25) is 0 Å². The zero-order valence-corrected chi connectivity index (χ0v) is 34.2. The number of fused-ring (bicyclic) bond motifs is 9. The van der Waals surface area contributed by atoms with Gasteiger partial charge in [0.15, 0.2) is 17.5 Å². The van der Waals surface area contributed by atoms with Gasteiger partial charge in [-0.2, -0.15) is 0 Å². The largest absolute Gasteiger partial charge is 0.455 e. The van der Waals surface area contributed by atoms with Gasteiger partial charge < -0.3 is 8.98 Å². The van der Waals surface area contributed by atoms with Crippen molar-refractivity contribution in [1.82, 2.24) is 19.5 Å². The summed E-state index contributed by atoms with van der Waals surface area (Å²) in [6, 6.07) is 52.5. The quantitative estimate of drug-likeness (QED) is 0.146. The molecule has 0 saturated heterocycles. The molecule has 0 fully saturated rings. The second kappa shape index (κ2) is 14.5. The molecule has 0 amide bonds. The molecule has 3 heterocycles. The molecule has 9 aromatic carbocycles. The van der Waals surface area contributed by atoms with Crippen LogP contribution in [0.25, 0.3) is 116 Å². The Morgan fingerprint density at radius 3 is 1.62 bits per heavy atom. The highest BCUT2D eigenvalue weighted by molar-refractivity contribution is 6.62. The van der Waals surface area contributed by atoms with E-state index in [0.717, 1.165) is 60.4 Å². The summed E-state index contributed by atoms with van der Waals surface area (Å²) in [4.78, 5) is 15.4. The maximum Gasteiger partial charge on any atom is 0.164 e. The molecule has 0 spiro atoms. The van der Waals surface area contributed by atoms with Gasteiger partial charge in [0, 0.05) is 49.7 Å². The van der Waals surface area contributed by atoms with Gasteiger partial charge in [-0.05, 0) is 68.2 Å². The molecule has 64 heavy (non-hydrogen) atoms. The number of hydrogen-bond acceptors (Lipinski definition) is 4. The third-order valence-electron chi connectivity index (χ3n) is 12.3. The van der Waals surface area contributed by atoms with Gasteiger partial charge in [0.25, 0.3) is 0 Å². The lowest BCUT2D eigenvalue weighted by molar-refractivity contribution is 0.670. The molecule has 0 aliphatic heterocycles. The summed E-state index contributed by atoms with van der Waals surface area (Å²) in [6.45, 7) is 0. The molecule has 0 atom stereocenters. The van der Waals surface area contributed by atoms with Crippen molar-refractivity contribution >= 4 is 145 Å². The van der Waals surface area contributed by atoms with Crippen molar-refractivity contribution in [1.29, 1.82) is 0 Å². The first kappa shape index (κ1) is 38.2. The Balaban J connectivity index is 1.11. The van der Waals surface area contributed by atoms with Gasteiger partial charge in [0.1, 0.15) is 58.2 Å². The Labute approximate surface area is 376 Å². The van der Waals surface area contributed by atoms with E-state index in [9.17, 15) is 0 Å². The Hall–Kier alpha value is -7.50. The van der Waals surface area contributed by atoms with Crippen LogP contribution in [0.15, 0.2) is 162 Å². The van der Waals surface area contributed by atoms with Crippen LogP contribution in [-0.4, -0.2) is 66.6 Å². The van der Waals surface area contributed by atoms with Gasteiger partial charge in [0.2, 0.25) is 0 Å². The molecule has 5 nitrogen and oxygen atoms in total. The molecule has 0 aliphatic rings. The molecule has 0 bridgehead atoms. The van der Waals surface area contributed by atoms with Crippen LogP contribution in [0.5, 0.6) is 0 Å². The van der Waals surface area contributed by atoms with Crippen molar-refractivity contribution in [3.05, 3.63) is 158 Å². The zero-order chi connectivity index (χ0) is 43.4. The van der Waals surface area contributed by atoms with Crippen LogP contribution in [0.3, 0.4) is 0 Å². The Morgan fingerprint density at radius 2 is 0.953 bits per heavy atom. The zero-order valence-electron chi connectivity index (χ0n) is 34.2. The summed E-state index contributed by atoms with van der Waals surface area (Å²) in [5.74, 6) is 1.64. The maximum absolute atomic E-state index is 6.90. The molecular formula is C53H26B6N4O. The molecule has 11 heteroatoms. The molecule has 12 rings (SSSR count). The van der Waals surface area contributed by atoms with Gasteiger partial charge >= 0.3 is 0 Å². The van der Waals surface area contributed by atoms with E-state index in [1.807, 2.05) is 71.3 Å². The molecule has 3 aromatic heterocycles. The number of hydrogen-bond donors (Lipinski definition) is 0. The minimum atomic E-state index is 0.327. The van der Waals surface area contributed by atoms with E-state index in [4.69, 9.17) is 66.4 Å². The third-order valence-corrected chi connectivity index (χ3v) is 12.3. The fourth-order valence-corrected chi connectivity index (χ4v) is 9.36. The summed E-state index contributed by atoms with van der Waals surface area (Å²) >= 11 is 0. The predicted octanol–water partition coefficient (Wildman–Crippen LogP) is 6.61. The molecule has 12 radical (unpaired) electrons. The van der Waals surface area contributed by atoms with Crippen LogP contribution in [0.2, 0.25) is 0 Å². The monoisotopic (exact) mass is 800 g/mol. The molecule has 0 saturated carbocycles. The van der Waals surface area contributed by atoms with Crippen LogP contribution in [-0.2, 0) is 0 Å². The topological polar surface area (TPSA) is 56.7 Å². The number of nitrogens with zero attached hydrogens (tertiary/aromatic N) is 4. The summed E-state index contributed by atoms with van der Waals surface area (Å²) in [5.41, 5.74) is 9.80. The number of benzene rings is 9. The Bertz CT molecular complexity index is 3850. The summed E-state index contributed by atoms with van der Waals surface area (Å²) in [7, 11) is 39.9. The van der Waals surface area contributed by atoms with Gasteiger partial charge in [-0.25, -0.2) is 15.0 Å². The van der Waals surface area contributed by atoms with Crippen LogP contribution in [0.1, 0.15) is 0 Å². The standard InChI is InChI=1S/C53H26B6N4O/c54-39-25-41(56)48-44(46(39)58)45-47(59)40(55)26-42(57)49(45)63(48)31-23-36(27-11-3-1-4-12-27)50-37(24-31)35-20-19-30(22-43(35)64-50)52-60-51(28-13-5-2-6-14-28)61-53(62-52)38-21-29-15-7-8-16-32(29)33-17-9-10-18-34(33)38/h1-26H. The van der Waals surface area contributed by atoms with Crippen molar-refractivity contribution in [2.75, 3.05) is 0 Å². The van der Waals surface area contributed by atoms with Crippen molar-refractivity contribution in [2.45, 2.75) is 0 Å². The second-order valence-corrected chi connectivity index (χ2v) is 16.1. The van der Waals surface area contributed by atoms with Crippen LogP contribution < -0.4 is 32.8 Å². The fraction of sp³-hybridized carbons (Fsp3) is 0. The van der Waals surface area contributed by atoms with Crippen molar-refractivity contribution in [3.63, 3.8) is 0 Å². The van der Waals surface area contributed by atoms with E-state index < -0.39 is 0 Å². The highest BCUT2D eigenvalue weighted by Gasteiger charge is 2.24. The van der Waals surface area contributed by atoms with Crippen molar-refractivity contribution in [3.8, 4) is 51.0 Å². The minimum Gasteiger partial charge on any atom is -0.455 e. The van der Waals surface area contributed by atoms with E-state index in [0.29, 0.717) is 83.2 Å². The van der Waals surface area contributed by atoms with Crippen molar-refractivity contribution < 1.29 is 4.42 Å². The highest BCUT2D eigenvalue weighted by atomic mass is 16.3. The Morgan fingerprint density at radius 1 is 0.391 bits per heavy atom. The van der Waals surface area contributed by atoms with Gasteiger partial charge in [-0.1, -0.05) is 149 Å². The minimum absolute atomic E-state index is 0.327. The average molecular weight is 800 g/mol. The summed E-state index contributed by atoms with van der Waals surface area (Å²) in [6.07, 6.45) is 0. The SMILES string of the molecule is [B]c1cc([B])c2c(c1[B])c1c([B])c([B])cc([B])c1n2-c1cc(-c2ccccc2)c2oc3cc(-c4nc(-c5ccccc5)nc(-c5cc6ccccc6c6ccccc56)n4)ccc3c2c1. The first-order valence-electron chi connectivity index (χ1n) is 20.8. The van der Waals surface area contributed by atoms with Gasteiger partial charge in [0.05, 0.1) is 0 Å². The highest BCUT2D eigenvalue weighted by Crippen LogP contribution is 2.41. The first-order valence-corrected chi connectivity index (χ1v) is 20.8. The molecule has 12 aromatic rings. The number of aromatic nitrogens is 4. The normalized spacial score (nSPS) is 11.8. The maximum atomic E-state index is 6.90. The van der Waals surface area contributed by atoms with Crippen LogP contribution in [0.4, 0.5) is 0 Å². The fourth-order valence-electron chi connectivity index (χ4n) is 9.36. The van der Waals surface area contributed by atoms with E-state index in [1.165, 1.54) is 5.39 Å². The first-order chi connectivity index (χ1) is 31.2. The molecule has 0 N–H and O–H groups in total. The third kappa shape index (κ3) is 5.84. The molecule has 0 aliphatic carbocycles. The smallest absolute Gasteiger partial charge is 0.164 e. The van der Waals surface area contributed by atoms with E-state index >= 15 is 0 Å². The lowest BCUT2D eigenvalue weighted by atomic mass is 9.71. The molecular weight excluding hydrogens is 773 g/mol. The van der Waals surface area contributed by atoms with Crippen LogP contribution >= 0.6 is 0 Å². The number of rotatable bonds is 5. The lowest BCUT2D eigenvalue weighted by Crippen LogP contribution is -2.33. The van der Waals surface area contributed by atoms with E-state index in [2.05, 4.69) is 78.9 Å². The van der Waals surface area contributed by atoms with Crippen LogP contribution in [0, 0.1) is 0 Å². The molecule has 0 unspecified atom stereocenters. The van der Waals surface area contributed by atoms with E-state index in [-0.39, 0.29) is 0 Å². The summed E-state index contributed by atoms with van der Waals surface area (Å²) in [5, 5.41) is 7.35. The molecule has 282 valence electrons. The summed E-state index contributed by atoms with van der Waals surface area (Å²) < 4.78 is 8.89. The second-order valence-electron chi connectivity index (χ2n) is 16.1. The van der Waals surface area contributed by atoms with Crippen molar-refractivity contribution in [2.24, 2.45) is 0 Å². The number of furan rings is 1. The average Bonchev–Trinajstić information content (AvgIpc) is 3.90. The van der Waals surface area contributed by atoms with E-state index in [1.54, 1.807) is 12.1 Å². The lowest BCUT2D eigenvalue weighted by Gasteiger charge is -2.15. The van der Waals surface area contributed by atoms with Gasteiger partial charge in [-0.15, -0.1) is 10.9 Å². The predicted molar refractivity (Wildman–Crippen MR) is 271 cm³/mol.